The molecule has 0 saturated heterocycles. The van der Waals surface area contributed by atoms with Gasteiger partial charge < -0.3 is 20.9 Å². The zero-order chi connectivity index (χ0) is 13.5. The van der Waals surface area contributed by atoms with Crippen LogP contribution in [0.1, 0.15) is 33.6 Å². The molecule has 0 fully saturated rings. The molecule has 7 nitrogen and oxygen atoms in total. The fraction of sp³-hybridized carbons (Fsp3) is 0.727. The van der Waals surface area contributed by atoms with Crippen molar-refractivity contribution < 1.29 is 9.84 Å². The Morgan fingerprint density at radius 1 is 1.28 bits per heavy atom. The van der Waals surface area contributed by atoms with Crippen LogP contribution >= 0.6 is 0 Å². The molecule has 0 aliphatic carbocycles. The van der Waals surface area contributed by atoms with Crippen LogP contribution in [0, 0.1) is 0 Å². The molecule has 18 heavy (non-hydrogen) atoms. The van der Waals surface area contributed by atoms with Crippen LogP contribution in [0.2, 0.25) is 0 Å². The first kappa shape index (κ1) is 14.4. The highest BCUT2D eigenvalue weighted by atomic mass is 16.5. The van der Waals surface area contributed by atoms with Gasteiger partial charge in [-0.1, -0.05) is 0 Å². The van der Waals surface area contributed by atoms with Crippen LogP contribution in [0.5, 0.6) is 6.01 Å². The molecule has 0 spiro atoms. The maximum absolute atomic E-state index is 8.76. The highest BCUT2D eigenvalue weighted by Gasteiger charge is 2.09. The van der Waals surface area contributed by atoms with Crippen molar-refractivity contribution in [1.82, 2.24) is 15.0 Å². The van der Waals surface area contributed by atoms with E-state index in [2.05, 4.69) is 20.3 Å². The van der Waals surface area contributed by atoms with Crippen LogP contribution in [0.4, 0.5) is 11.9 Å². The first-order valence-electron chi connectivity index (χ1n) is 6.07. The molecule has 0 aliphatic rings. The number of hydrogen-bond acceptors (Lipinski definition) is 7. The Bertz CT molecular complexity index is 372. The number of aliphatic hydroxyl groups excluding tert-OH is 1. The summed E-state index contributed by atoms with van der Waals surface area (Å²) < 4.78 is 5.38. The van der Waals surface area contributed by atoms with Gasteiger partial charge in [0.2, 0.25) is 11.9 Å². The molecular formula is C11H21N5O2. The second kappa shape index (κ2) is 6.95. The van der Waals surface area contributed by atoms with Gasteiger partial charge in [-0.05, 0) is 33.6 Å². The number of nitrogens with one attached hydrogen (secondary N) is 1. The maximum atomic E-state index is 8.76. The average Bonchev–Trinajstić information content (AvgIpc) is 2.24. The second-order valence-corrected chi connectivity index (χ2v) is 4.38. The van der Waals surface area contributed by atoms with E-state index in [1.54, 1.807) is 0 Å². The van der Waals surface area contributed by atoms with Crippen molar-refractivity contribution in [3.8, 4) is 6.01 Å². The lowest BCUT2D eigenvalue weighted by Crippen LogP contribution is -2.19. The number of aliphatic hydroxyl groups is 1. The minimum Gasteiger partial charge on any atom is -0.461 e. The van der Waals surface area contributed by atoms with E-state index in [1.165, 1.54) is 0 Å². The summed E-state index contributed by atoms with van der Waals surface area (Å²) in [6, 6.07) is 0.361. The number of nitrogens with zero attached hydrogens (tertiary/aromatic N) is 3. The third kappa shape index (κ3) is 5.13. The average molecular weight is 255 g/mol. The third-order valence-corrected chi connectivity index (χ3v) is 2.14. The fourth-order valence-electron chi connectivity index (χ4n) is 1.39. The topological polar surface area (TPSA) is 106 Å². The van der Waals surface area contributed by atoms with E-state index in [1.807, 2.05) is 20.8 Å². The van der Waals surface area contributed by atoms with Crippen molar-refractivity contribution in [1.29, 1.82) is 0 Å². The molecule has 0 saturated carbocycles. The van der Waals surface area contributed by atoms with Crippen molar-refractivity contribution in [3.63, 3.8) is 0 Å². The Morgan fingerprint density at radius 3 is 2.61 bits per heavy atom. The molecule has 0 radical (unpaired) electrons. The Labute approximate surface area is 107 Å². The lowest BCUT2D eigenvalue weighted by molar-refractivity contribution is 0.222. The van der Waals surface area contributed by atoms with Crippen molar-refractivity contribution in [2.45, 2.75) is 45.8 Å². The van der Waals surface area contributed by atoms with E-state index < -0.39 is 0 Å². The van der Waals surface area contributed by atoms with Gasteiger partial charge in [-0.15, -0.1) is 0 Å². The molecule has 1 aromatic heterocycles. The molecule has 1 atom stereocenters. The highest BCUT2D eigenvalue weighted by molar-refractivity contribution is 5.33. The Morgan fingerprint density at radius 2 is 2.00 bits per heavy atom. The summed E-state index contributed by atoms with van der Waals surface area (Å²) in [6.07, 6.45) is 1.53. The van der Waals surface area contributed by atoms with Crippen LogP contribution < -0.4 is 15.8 Å². The summed E-state index contributed by atoms with van der Waals surface area (Å²) >= 11 is 0. The van der Waals surface area contributed by atoms with Gasteiger partial charge in [0.25, 0.3) is 0 Å². The molecule has 1 aromatic rings. The lowest BCUT2D eigenvalue weighted by Gasteiger charge is -2.14. The standard InChI is InChI=1S/C11H21N5O2/c1-7(2)18-11-15-9(12)14-10(16-11)13-8(3)5-4-6-17/h7-8,17H,4-6H2,1-3H3,(H3,12,13,14,15,16). The quantitative estimate of drug-likeness (QED) is 0.662. The molecule has 7 heteroatoms. The number of nitrogen functional groups attached to an aromatic ring is 1. The normalized spacial score (nSPS) is 12.5. The monoisotopic (exact) mass is 255 g/mol. The van der Waals surface area contributed by atoms with E-state index in [-0.39, 0.29) is 30.7 Å². The van der Waals surface area contributed by atoms with E-state index in [0.717, 1.165) is 12.8 Å². The minimum absolute atomic E-state index is 0.0218. The van der Waals surface area contributed by atoms with Crippen LogP contribution in [0.15, 0.2) is 0 Å². The van der Waals surface area contributed by atoms with Gasteiger partial charge >= 0.3 is 6.01 Å². The predicted molar refractivity (Wildman–Crippen MR) is 69.4 cm³/mol. The number of rotatable bonds is 7. The summed E-state index contributed by atoms with van der Waals surface area (Å²) in [4.78, 5) is 12.0. The van der Waals surface area contributed by atoms with Gasteiger partial charge in [-0.2, -0.15) is 15.0 Å². The zero-order valence-electron chi connectivity index (χ0n) is 11.1. The zero-order valence-corrected chi connectivity index (χ0v) is 11.1. The first-order chi connectivity index (χ1) is 8.51. The molecule has 1 heterocycles. The molecule has 1 rings (SSSR count). The number of nitrogens with two attached hydrogens (primary N) is 1. The first-order valence-corrected chi connectivity index (χ1v) is 6.07. The van der Waals surface area contributed by atoms with E-state index >= 15 is 0 Å². The molecule has 1 unspecified atom stereocenters. The van der Waals surface area contributed by atoms with E-state index in [9.17, 15) is 0 Å². The summed E-state index contributed by atoms with van der Waals surface area (Å²) in [5, 5.41) is 11.9. The molecule has 4 N–H and O–H groups in total. The van der Waals surface area contributed by atoms with Crippen LogP contribution in [-0.2, 0) is 0 Å². The van der Waals surface area contributed by atoms with Gasteiger partial charge in [0.1, 0.15) is 0 Å². The Kier molecular flexibility index (Phi) is 5.57. The van der Waals surface area contributed by atoms with E-state index in [0.29, 0.717) is 5.95 Å². The number of aromatic nitrogens is 3. The van der Waals surface area contributed by atoms with Gasteiger partial charge in [-0.25, -0.2) is 0 Å². The van der Waals surface area contributed by atoms with Crippen molar-refractivity contribution in [2.75, 3.05) is 17.7 Å². The second-order valence-electron chi connectivity index (χ2n) is 4.38. The van der Waals surface area contributed by atoms with Crippen molar-refractivity contribution in [3.05, 3.63) is 0 Å². The van der Waals surface area contributed by atoms with Crippen LogP contribution in [-0.4, -0.2) is 38.8 Å². The highest BCUT2D eigenvalue weighted by Crippen LogP contribution is 2.12. The molecule has 0 aromatic carbocycles. The number of hydrogen-bond donors (Lipinski definition) is 3. The molecule has 0 amide bonds. The van der Waals surface area contributed by atoms with Crippen LogP contribution in [0.3, 0.4) is 0 Å². The fourth-order valence-corrected chi connectivity index (χ4v) is 1.39. The lowest BCUT2D eigenvalue weighted by atomic mass is 10.2. The summed E-state index contributed by atoms with van der Waals surface area (Å²) in [6.45, 7) is 5.93. The maximum Gasteiger partial charge on any atom is 0.323 e. The summed E-state index contributed by atoms with van der Waals surface area (Å²) in [5.41, 5.74) is 5.59. The van der Waals surface area contributed by atoms with Crippen molar-refractivity contribution >= 4 is 11.9 Å². The van der Waals surface area contributed by atoms with Gasteiger partial charge in [-0.3, -0.25) is 0 Å². The Hall–Kier alpha value is -1.63. The van der Waals surface area contributed by atoms with Gasteiger partial charge in [0.05, 0.1) is 6.10 Å². The predicted octanol–water partition coefficient (Wildman–Crippen LogP) is 0.814. The SMILES string of the molecule is CC(CCCO)Nc1nc(N)nc(OC(C)C)n1. The minimum atomic E-state index is -0.0218. The summed E-state index contributed by atoms with van der Waals surface area (Å²) in [7, 11) is 0. The molecule has 102 valence electrons. The smallest absolute Gasteiger partial charge is 0.323 e. The summed E-state index contributed by atoms with van der Waals surface area (Å²) in [5.74, 6) is 0.515. The number of ether oxygens (including phenoxy) is 1. The van der Waals surface area contributed by atoms with Crippen LogP contribution in [0.25, 0.3) is 0 Å². The van der Waals surface area contributed by atoms with Crippen molar-refractivity contribution in [2.24, 2.45) is 0 Å². The molecule has 0 bridgehead atoms. The molecular weight excluding hydrogens is 234 g/mol. The third-order valence-electron chi connectivity index (χ3n) is 2.14. The molecule has 0 aliphatic heterocycles. The largest absolute Gasteiger partial charge is 0.461 e. The number of anilines is 2. The van der Waals surface area contributed by atoms with Gasteiger partial charge in [0, 0.05) is 12.6 Å². The Balaban J connectivity index is 2.67. The van der Waals surface area contributed by atoms with Gasteiger partial charge in [0.15, 0.2) is 0 Å². The van der Waals surface area contributed by atoms with E-state index in [4.69, 9.17) is 15.6 Å².